The molecule has 0 bridgehead atoms. The van der Waals surface area contributed by atoms with E-state index in [9.17, 15) is 4.79 Å². The second kappa shape index (κ2) is 2.95. The number of nitrogens with zero attached hydrogens (tertiary/aromatic N) is 1. The van der Waals surface area contributed by atoms with Crippen LogP contribution in [0.3, 0.4) is 0 Å². The summed E-state index contributed by atoms with van der Waals surface area (Å²) >= 11 is 0. The quantitative estimate of drug-likeness (QED) is 0.763. The lowest BCUT2D eigenvalue weighted by Crippen LogP contribution is -2.50. The van der Waals surface area contributed by atoms with Gasteiger partial charge < -0.3 is 5.73 Å². The molecular formula is C10H17N3O2. The molecule has 5 heteroatoms. The molecule has 1 aromatic heterocycles. The van der Waals surface area contributed by atoms with Gasteiger partial charge in [-0.2, -0.15) is 0 Å². The Kier molecular flexibility index (Phi) is 2.05. The first-order valence-corrected chi connectivity index (χ1v) is 5.17. The minimum atomic E-state index is -0.596. The summed E-state index contributed by atoms with van der Waals surface area (Å²) in [6.07, 6.45) is 2.10. The summed E-state index contributed by atoms with van der Waals surface area (Å²) in [4.78, 5) is 13.4. The van der Waals surface area contributed by atoms with E-state index in [1.807, 2.05) is 6.92 Å². The average molecular weight is 211 g/mol. The summed E-state index contributed by atoms with van der Waals surface area (Å²) in [6, 6.07) is 0. The van der Waals surface area contributed by atoms with Crippen LogP contribution in [0.15, 0.2) is 9.32 Å². The maximum atomic E-state index is 10.9. The third-order valence-corrected chi connectivity index (χ3v) is 3.40. The molecule has 1 heterocycles. The van der Waals surface area contributed by atoms with E-state index < -0.39 is 11.3 Å². The number of aromatic amines is 1. The van der Waals surface area contributed by atoms with Crippen LogP contribution < -0.4 is 11.5 Å². The van der Waals surface area contributed by atoms with Crippen LogP contribution in [0.1, 0.15) is 39.4 Å². The van der Waals surface area contributed by atoms with E-state index in [-0.39, 0.29) is 0 Å². The molecule has 0 aliphatic heterocycles. The van der Waals surface area contributed by atoms with Gasteiger partial charge >= 0.3 is 5.76 Å². The fourth-order valence-electron chi connectivity index (χ4n) is 2.35. The van der Waals surface area contributed by atoms with Crippen molar-refractivity contribution in [3.05, 3.63) is 16.4 Å². The number of nitrogens with two attached hydrogens (primary N) is 1. The molecule has 0 radical (unpaired) electrons. The molecule has 1 aliphatic carbocycles. The zero-order valence-electron chi connectivity index (χ0n) is 9.33. The molecule has 1 fully saturated rings. The lowest BCUT2D eigenvalue weighted by Gasteiger charge is -2.49. The van der Waals surface area contributed by atoms with E-state index in [0.717, 1.165) is 12.8 Å². The van der Waals surface area contributed by atoms with Crippen LogP contribution in [0.25, 0.3) is 0 Å². The largest absolute Gasteiger partial charge is 0.438 e. The van der Waals surface area contributed by atoms with Crippen molar-refractivity contribution in [1.29, 1.82) is 0 Å². The minimum absolute atomic E-state index is 0.355. The van der Waals surface area contributed by atoms with Crippen LogP contribution in [0.5, 0.6) is 0 Å². The monoisotopic (exact) mass is 211 g/mol. The molecular weight excluding hydrogens is 194 g/mol. The van der Waals surface area contributed by atoms with Crippen LogP contribution in [-0.2, 0) is 5.54 Å². The smallest absolute Gasteiger partial charge is 0.319 e. The van der Waals surface area contributed by atoms with Gasteiger partial charge in [0.05, 0.1) is 5.54 Å². The van der Waals surface area contributed by atoms with Crippen molar-refractivity contribution in [2.24, 2.45) is 17.1 Å². The molecule has 15 heavy (non-hydrogen) atoms. The molecule has 0 spiro atoms. The van der Waals surface area contributed by atoms with Crippen molar-refractivity contribution in [2.45, 2.75) is 39.2 Å². The van der Waals surface area contributed by atoms with Crippen molar-refractivity contribution < 1.29 is 4.52 Å². The summed E-state index contributed by atoms with van der Waals surface area (Å²) in [5, 5.41) is 3.67. The maximum Gasteiger partial charge on any atom is 0.438 e. The Balaban J connectivity index is 2.18. The van der Waals surface area contributed by atoms with E-state index in [1.54, 1.807) is 0 Å². The number of H-pyrrole nitrogens is 1. The Labute approximate surface area is 88.0 Å². The molecule has 0 saturated heterocycles. The Bertz CT molecular complexity index is 408. The third kappa shape index (κ3) is 1.71. The van der Waals surface area contributed by atoms with Crippen molar-refractivity contribution in [2.75, 3.05) is 0 Å². The Hall–Kier alpha value is -1.10. The van der Waals surface area contributed by atoms with Crippen molar-refractivity contribution in [3.63, 3.8) is 0 Å². The first-order valence-electron chi connectivity index (χ1n) is 5.17. The normalized spacial score (nSPS) is 24.5. The highest BCUT2D eigenvalue weighted by atomic mass is 16.5. The zero-order chi connectivity index (χ0) is 11.3. The van der Waals surface area contributed by atoms with Crippen LogP contribution in [0.2, 0.25) is 0 Å². The van der Waals surface area contributed by atoms with Gasteiger partial charge in [-0.15, -0.1) is 0 Å². The van der Waals surface area contributed by atoms with E-state index in [0.29, 0.717) is 17.2 Å². The fourth-order valence-corrected chi connectivity index (χ4v) is 2.35. The number of hydrogen-bond acceptors (Lipinski definition) is 4. The van der Waals surface area contributed by atoms with Gasteiger partial charge in [-0.1, -0.05) is 19.0 Å². The summed E-state index contributed by atoms with van der Waals surface area (Å²) in [5.74, 6) is 0.265. The van der Waals surface area contributed by atoms with Crippen LogP contribution >= 0.6 is 0 Å². The molecule has 84 valence electrons. The van der Waals surface area contributed by atoms with E-state index in [4.69, 9.17) is 5.73 Å². The molecule has 3 N–H and O–H groups in total. The van der Waals surface area contributed by atoms with Crippen molar-refractivity contribution >= 4 is 0 Å². The van der Waals surface area contributed by atoms with E-state index in [2.05, 4.69) is 28.5 Å². The van der Waals surface area contributed by atoms with Crippen molar-refractivity contribution in [3.8, 4) is 0 Å². The predicted octanol–water partition coefficient (Wildman–Crippen LogP) is 0.973. The third-order valence-electron chi connectivity index (χ3n) is 3.40. The maximum absolute atomic E-state index is 10.9. The van der Waals surface area contributed by atoms with Gasteiger partial charge in [-0.3, -0.25) is 9.51 Å². The minimum Gasteiger partial charge on any atom is -0.319 e. The fraction of sp³-hybridized carbons (Fsp3) is 0.800. The SMILES string of the molecule is CC1(C)CC(C(C)(N)c2noc(=O)[nH]2)C1. The number of rotatable bonds is 2. The van der Waals surface area contributed by atoms with Gasteiger partial charge in [0, 0.05) is 0 Å². The molecule has 5 nitrogen and oxygen atoms in total. The summed E-state index contributed by atoms with van der Waals surface area (Å²) in [5.41, 5.74) is 5.95. The predicted molar refractivity (Wildman–Crippen MR) is 55.2 cm³/mol. The van der Waals surface area contributed by atoms with Gasteiger partial charge in [-0.25, -0.2) is 4.79 Å². The van der Waals surface area contributed by atoms with Crippen LogP contribution in [-0.4, -0.2) is 10.1 Å². The second-order valence-corrected chi connectivity index (χ2v) is 5.50. The standard InChI is InChI=1S/C10H17N3O2/c1-9(2)4-6(5-9)10(3,11)7-12-8(14)15-13-7/h6H,4-5,11H2,1-3H3,(H,12,13,14). The van der Waals surface area contributed by atoms with Gasteiger partial charge in [0.1, 0.15) is 0 Å². The zero-order valence-corrected chi connectivity index (χ0v) is 9.33. The Morgan fingerprint density at radius 3 is 2.60 bits per heavy atom. The van der Waals surface area contributed by atoms with E-state index in [1.165, 1.54) is 0 Å². The highest BCUT2D eigenvalue weighted by Crippen LogP contribution is 2.50. The molecule has 2 rings (SSSR count). The van der Waals surface area contributed by atoms with Gasteiger partial charge in [0.2, 0.25) is 0 Å². The molecule has 1 atom stereocenters. The lowest BCUT2D eigenvalue weighted by molar-refractivity contribution is 0.0334. The number of hydrogen-bond donors (Lipinski definition) is 2. The molecule has 0 amide bonds. The van der Waals surface area contributed by atoms with Crippen molar-refractivity contribution in [1.82, 2.24) is 10.1 Å². The highest BCUT2D eigenvalue weighted by Gasteiger charge is 2.47. The summed E-state index contributed by atoms with van der Waals surface area (Å²) in [6.45, 7) is 6.32. The molecule has 1 aliphatic rings. The van der Waals surface area contributed by atoms with Crippen LogP contribution in [0, 0.1) is 11.3 Å². The van der Waals surface area contributed by atoms with Gasteiger partial charge in [0.25, 0.3) is 0 Å². The molecule has 1 saturated carbocycles. The molecule has 1 unspecified atom stereocenters. The number of aromatic nitrogens is 2. The van der Waals surface area contributed by atoms with Crippen LogP contribution in [0.4, 0.5) is 0 Å². The summed E-state index contributed by atoms with van der Waals surface area (Å²) in [7, 11) is 0. The Morgan fingerprint density at radius 2 is 2.20 bits per heavy atom. The topological polar surface area (TPSA) is 84.9 Å². The van der Waals surface area contributed by atoms with Gasteiger partial charge in [0.15, 0.2) is 5.82 Å². The number of nitrogens with one attached hydrogen (secondary N) is 1. The Morgan fingerprint density at radius 1 is 1.60 bits per heavy atom. The first-order chi connectivity index (χ1) is 6.81. The highest BCUT2D eigenvalue weighted by molar-refractivity contribution is 5.08. The average Bonchev–Trinajstić information content (AvgIpc) is 2.48. The van der Waals surface area contributed by atoms with Gasteiger partial charge in [-0.05, 0) is 31.1 Å². The first kappa shape index (κ1) is 10.4. The lowest BCUT2D eigenvalue weighted by atomic mass is 9.58. The van der Waals surface area contributed by atoms with E-state index >= 15 is 0 Å². The summed E-state index contributed by atoms with van der Waals surface area (Å²) < 4.78 is 4.48. The molecule has 0 aromatic carbocycles. The second-order valence-electron chi connectivity index (χ2n) is 5.50. The molecule has 1 aromatic rings.